The quantitative estimate of drug-likeness (QED) is 0.555. The van der Waals surface area contributed by atoms with Gasteiger partial charge in [-0.3, -0.25) is 0 Å². The zero-order valence-corrected chi connectivity index (χ0v) is 17.0. The number of hydrogen-bond acceptors (Lipinski definition) is 6. The molecule has 0 fully saturated rings. The van der Waals surface area contributed by atoms with Gasteiger partial charge in [-0.2, -0.15) is 5.10 Å². The van der Waals surface area contributed by atoms with Gasteiger partial charge in [0.25, 0.3) is 0 Å². The van der Waals surface area contributed by atoms with Gasteiger partial charge in [-0.15, -0.1) is 0 Å². The van der Waals surface area contributed by atoms with Crippen molar-refractivity contribution in [3.8, 4) is 22.7 Å². The average Bonchev–Trinajstić information content (AvgIpc) is 3.13. The highest BCUT2D eigenvalue weighted by Crippen LogP contribution is 2.34. The number of halogens is 1. The van der Waals surface area contributed by atoms with Crippen LogP contribution in [0.2, 0.25) is 0 Å². The summed E-state index contributed by atoms with van der Waals surface area (Å²) in [6, 6.07) is 14.2. The number of carbonyl (C=O) groups excluding carboxylic acids is 2. The van der Waals surface area contributed by atoms with E-state index < -0.39 is 11.9 Å². The van der Waals surface area contributed by atoms with Crippen molar-refractivity contribution in [3.05, 3.63) is 64.3 Å². The number of aromatic nitrogens is 2. The highest BCUT2D eigenvalue weighted by atomic mass is 79.9. The molecule has 0 atom stereocenters. The lowest BCUT2D eigenvalue weighted by Crippen LogP contribution is -2.15. The Kier molecular flexibility index (Phi) is 5.79. The first-order valence-electron chi connectivity index (χ1n) is 8.20. The lowest BCUT2D eigenvalue weighted by Gasteiger charge is -2.07. The van der Waals surface area contributed by atoms with E-state index in [0.717, 1.165) is 0 Å². The Labute approximate surface area is 170 Å². The van der Waals surface area contributed by atoms with Crippen molar-refractivity contribution in [3.63, 3.8) is 0 Å². The third kappa shape index (κ3) is 3.50. The SMILES string of the molecule is COC(=O)c1c(-c2ccc(OC)c(Br)c2)nn(-c2ccccc2)c1C(=O)OC. The molecule has 8 heteroatoms. The largest absolute Gasteiger partial charge is 0.496 e. The van der Waals surface area contributed by atoms with Gasteiger partial charge in [0.2, 0.25) is 0 Å². The monoisotopic (exact) mass is 444 g/mol. The van der Waals surface area contributed by atoms with Crippen LogP contribution in [-0.2, 0) is 9.47 Å². The molecule has 0 N–H and O–H groups in total. The van der Waals surface area contributed by atoms with Gasteiger partial charge >= 0.3 is 11.9 Å². The standard InChI is InChI=1S/C20H17BrN2O5/c1-26-15-10-9-12(11-14(15)21)17-16(19(24)27-2)18(20(25)28-3)23(22-17)13-7-5-4-6-8-13/h4-11H,1-3H3. The molecule has 1 aromatic heterocycles. The molecule has 2 aromatic carbocycles. The third-order valence-corrected chi connectivity index (χ3v) is 4.70. The Balaban J connectivity index is 2.33. The summed E-state index contributed by atoms with van der Waals surface area (Å²) in [4.78, 5) is 25.1. The third-order valence-electron chi connectivity index (χ3n) is 4.08. The van der Waals surface area contributed by atoms with Gasteiger partial charge in [0, 0.05) is 5.56 Å². The first-order chi connectivity index (χ1) is 13.5. The van der Waals surface area contributed by atoms with Crippen molar-refractivity contribution in [2.24, 2.45) is 0 Å². The number of ether oxygens (including phenoxy) is 3. The number of hydrogen-bond donors (Lipinski definition) is 0. The number of para-hydroxylation sites is 1. The predicted molar refractivity (Wildman–Crippen MR) is 106 cm³/mol. The van der Waals surface area contributed by atoms with Crippen LogP contribution in [0.1, 0.15) is 20.8 Å². The number of carbonyl (C=O) groups is 2. The van der Waals surface area contributed by atoms with Crippen LogP contribution >= 0.6 is 15.9 Å². The van der Waals surface area contributed by atoms with Crippen molar-refractivity contribution in [2.75, 3.05) is 21.3 Å². The molecule has 1 heterocycles. The highest BCUT2D eigenvalue weighted by molar-refractivity contribution is 9.10. The summed E-state index contributed by atoms with van der Waals surface area (Å²) in [5.74, 6) is -0.765. The van der Waals surface area contributed by atoms with Gasteiger partial charge in [0.1, 0.15) is 17.0 Å². The topological polar surface area (TPSA) is 79.7 Å². The molecule has 0 saturated carbocycles. The molecule has 0 spiro atoms. The van der Waals surface area contributed by atoms with E-state index >= 15 is 0 Å². The number of esters is 2. The van der Waals surface area contributed by atoms with Crippen LogP contribution in [0.15, 0.2) is 53.0 Å². The Morgan fingerprint density at radius 2 is 1.64 bits per heavy atom. The van der Waals surface area contributed by atoms with E-state index in [2.05, 4.69) is 21.0 Å². The van der Waals surface area contributed by atoms with Gasteiger partial charge in [0.15, 0.2) is 5.69 Å². The second-order valence-electron chi connectivity index (χ2n) is 5.65. The van der Waals surface area contributed by atoms with Crippen LogP contribution in [0.5, 0.6) is 5.75 Å². The van der Waals surface area contributed by atoms with Gasteiger partial charge in [0.05, 0.1) is 31.5 Å². The molecule has 144 valence electrons. The maximum Gasteiger partial charge on any atom is 0.357 e. The molecule has 7 nitrogen and oxygen atoms in total. The van der Waals surface area contributed by atoms with E-state index in [1.807, 2.05) is 6.07 Å². The van der Waals surface area contributed by atoms with E-state index in [1.165, 1.54) is 18.9 Å². The normalized spacial score (nSPS) is 10.4. The molecule has 0 saturated heterocycles. The van der Waals surface area contributed by atoms with Crippen molar-refractivity contribution < 1.29 is 23.8 Å². The molecular formula is C20H17BrN2O5. The van der Waals surface area contributed by atoms with Crippen LogP contribution in [0.3, 0.4) is 0 Å². The van der Waals surface area contributed by atoms with Crippen molar-refractivity contribution in [1.82, 2.24) is 9.78 Å². The van der Waals surface area contributed by atoms with Crippen molar-refractivity contribution in [2.45, 2.75) is 0 Å². The fraction of sp³-hybridized carbons (Fsp3) is 0.150. The maximum absolute atomic E-state index is 12.6. The van der Waals surface area contributed by atoms with Crippen LogP contribution in [0.25, 0.3) is 16.9 Å². The maximum atomic E-state index is 12.6. The zero-order valence-electron chi connectivity index (χ0n) is 15.4. The predicted octanol–water partition coefficient (Wildman–Crippen LogP) is 3.88. The first kappa shape index (κ1) is 19.6. The van der Waals surface area contributed by atoms with Gasteiger partial charge < -0.3 is 14.2 Å². The molecule has 0 aliphatic carbocycles. The Hall–Kier alpha value is -3.13. The average molecular weight is 445 g/mol. The fourth-order valence-corrected chi connectivity index (χ4v) is 3.31. The Bertz CT molecular complexity index is 1030. The minimum absolute atomic E-state index is 0.0116. The van der Waals surface area contributed by atoms with E-state index in [1.54, 1.807) is 49.6 Å². The first-order valence-corrected chi connectivity index (χ1v) is 9.00. The zero-order chi connectivity index (χ0) is 20.3. The molecule has 3 aromatic rings. The van der Waals surface area contributed by atoms with Crippen LogP contribution in [0.4, 0.5) is 0 Å². The minimum Gasteiger partial charge on any atom is -0.496 e. The van der Waals surface area contributed by atoms with E-state index in [0.29, 0.717) is 27.2 Å². The summed E-state index contributed by atoms with van der Waals surface area (Å²) in [6.07, 6.45) is 0. The van der Waals surface area contributed by atoms with Crippen LogP contribution < -0.4 is 4.74 Å². The van der Waals surface area contributed by atoms with E-state index in [-0.39, 0.29) is 11.3 Å². The van der Waals surface area contributed by atoms with Crippen molar-refractivity contribution in [1.29, 1.82) is 0 Å². The molecule has 28 heavy (non-hydrogen) atoms. The molecule has 0 bridgehead atoms. The molecule has 0 amide bonds. The smallest absolute Gasteiger partial charge is 0.357 e. The highest BCUT2D eigenvalue weighted by Gasteiger charge is 2.31. The van der Waals surface area contributed by atoms with E-state index in [9.17, 15) is 9.59 Å². The molecule has 0 radical (unpaired) electrons. The second-order valence-corrected chi connectivity index (χ2v) is 6.51. The Morgan fingerprint density at radius 3 is 2.21 bits per heavy atom. The Morgan fingerprint density at radius 1 is 0.964 bits per heavy atom. The lowest BCUT2D eigenvalue weighted by molar-refractivity contribution is 0.0549. The second kappa shape index (κ2) is 8.26. The number of rotatable bonds is 5. The summed E-state index contributed by atoms with van der Waals surface area (Å²) >= 11 is 3.43. The number of benzene rings is 2. The van der Waals surface area contributed by atoms with Crippen LogP contribution in [-0.4, -0.2) is 43.0 Å². The summed E-state index contributed by atoms with van der Waals surface area (Å²) in [5, 5.41) is 4.54. The van der Waals surface area contributed by atoms with Crippen molar-refractivity contribution >= 4 is 27.9 Å². The summed E-state index contributed by atoms with van der Waals surface area (Å²) in [6.45, 7) is 0. The summed E-state index contributed by atoms with van der Waals surface area (Å²) < 4.78 is 17.1. The molecular weight excluding hydrogens is 428 g/mol. The summed E-state index contributed by atoms with van der Waals surface area (Å²) in [5.41, 5.74) is 1.51. The molecule has 3 rings (SSSR count). The fourth-order valence-electron chi connectivity index (χ4n) is 2.77. The number of methoxy groups -OCH3 is 3. The van der Waals surface area contributed by atoms with Crippen LogP contribution in [0, 0.1) is 0 Å². The van der Waals surface area contributed by atoms with Gasteiger partial charge in [-0.05, 0) is 46.3 Å². The number of nitrogens with zero attached hydrogens (tertiary/aromatic N) is 2. The molecule has 0 unspecified atom stereocenters. The molecule has 0 aliphatic heterocycles. The van der Waals surface area contributed by atoms with Gasteiger partial charge in [-0.25, -0.2) is 14.3 Å². The van der Waals surface area contributed by atoms with E-state index in [4.69, 9.17) is 14.2 Å². The molecule has 0 aliphatic rings. The lowest BCUT2D eigenvalue weighted by atomic mass is 10.1. The minimum atomic E-state index is -0.699. The van der Waals surface area contributed by atoms with Gasteiger partial charge in [-0.1, -0.05) is 18.2 Å². The summed E-state index contributed by atoms with van der Waals surface area (Å²) in [7, 11) is 4.05.